The van der Waals surface area contributed by atoms with Crippen LogP contribution >= 0.6 is 11.3 Å². The van der Waals surface area contributed by atoms with Gasteiger partial charge in [-0.25, -0.2) is 4.68 Å². The van der Waals surface area contributed by atoms with Crippen molar-refractivity contribution in [2.24, 2.45) is 0 Å². The third kappa shape index (κ3) is 3.48. The highest BCUT2D eigenvalue weighted by molar-refractivity contribution is 7.10. The summed E-state index contributed by atoms with van der Waals surface area (Å²) >= 11 is 1.52. The number of amides is 1. The number of hydrogen-bond donors (Lipinski definition) is 0. The second-order valence-electron chi connectivity index (χ2n) is 5.67. The Balaban J connectivity index is 1.88. The molecule has 0 unspecified atom stereocenters. The second kappa shape index (κ2) is 6.91. The molecule has 1 aromatic carbocycles. The molecule has 1 atom stereocenters. The Morgan fingerprint density at radius 3 is 2.62 bits per heavy atom. The summed E-state index contributed by atoms with van der Waals surface area (Å²) in [5.74, 6) is -0.415. The summed E-state index contributed by atoms with van der Waals surface area (Å²) in [6, 6.07) is 8.63. The van der Waals surface area contributed by atoms with Gasteiger partial charge in [-0.2, -0.15) is 13.2 Å². The largest absolute Gasteiger partial charge is 0.418 e. The highest BCUT2D eigenvalue weighted by atomic mass is 32.1. The monoisotopic (exact) mass is 380 g/mol. The molecule has 3 aromatic rings. The van der Waals surface area contributed by atoms with Crippen LogP contribution in [0.1, 0.15) is 33.9 Å². The van der Waals surface area contributed by atoms with Gasteiger partial charge in [0.05, 0.1) is 23.5 Å². The molecule has 0 aliphatic heterocycles. The Hall–Kier alpha value is -2.68. The fourth-order valence-electron chi connectivity index (χ4n) is 2.47. The predicted molar refractivity (Wildman–Crippen MR) is 91.2 cm³/mol. The number of carbonyl (C=O) groups excluding carboxylic acids is 1. The van der Waals surface area contributed by atoms with Gasteiger partial charge in [0.15, 0.2) is 5.69 Å². The van der Waals surface area contributed by atoms with Gasteiger partial charge in [-0.15, -0.1) is 16.4 Å². The zero-order valence-corrected chi connectivity index (χ0v) is 14.8. The normalized spacial score (nSPS) is 12.8. The Bertz CT molecular complexity index is 905. The van der Waals surface area contributed by atoms with Crippen molar-refractivity contribution >= 4 is 17.2 Å². The first-order valence-corrected chi connectivity index (χ1v) is 8.56. The quantitative estimate of drug-likeness (QED) is 0.682. The van der Waals surface area contributed by atoms with Gasteiger partial charge < -0.3 is 4.90 Å². The fourth-order valence-corrected chi connectivity index (χ4v) is 3.30. The molecule has 0 fully saturated rings. The van der Waals surface area contributed by atoms with Crippen molar-refractivity contribution in [2.45, 2.75) is 19.1 Å². The van der Waals surface area contributed by atoms with Crippen LogP contribution in [0.5, 0.6) is 0 Å². The first-order valence-electron chi connectivity index (χ1n) is 7.68. The molecule has 9 heteroatoms. The van der Waals surface area contributed by atoms with E-state index in [9.17, 15) is 18.0 Å². The molecule has 5 nitrogen and oxygen atoms in total. The van der Waals surface area contributed by atoms with Crippen LogP contribution in [0.4, 0.5) is 13.2 Å². The number of rotatable bonds is 4. The van der Waals surface area contributed by atoms with E-state index >= 15 is 0 Å². The highest BCUT2D eigenvalue weighted by Gasteiger charge is 2.34. The molecule has 136 valence electrons. The van der Waals surface area contributed by atoms with Gasteiger partial charge in [-0.1, -0.05) is 23.4 Å². The minimum atomic E-state index is -4.53. The van der Waals surface area contributed by atoms with Gasteiger partial charge in [-0.05, 0) is 30.5 Å². The summed E-state index contributed by atoms with van der Waals surface area (Å²) < 4.78 is 40.4. The summed E-state index contributed by atoms with van der Waals surface area (Å²) in [4.78, 5) is 15.1. The van der Waals surface area contributed by atoms with Gasteiger partial charge >= 0.3 is 6.18 Å². The van der Waals surface area contributed by atoms with Gasteiger partial charge in [-0.3, -0.25) is 4.79 Å². The average molecular weight is 380 g/mol. The van der Waals surface area contributed by atoms with E-state index in [0.717, 1.165) is 15.6 Å². The van der Waals surface area contributed by atoms with Crippen LogP contribution in [0.15, 0.2) is 48.0 Å². The minimum absolute atomic E-state index is 0.0205. The summed E-state index contributed by atoms with van der Waals surface area (Å²) in [6.45, 7) is 1.87. The number of nitrogens with zero attached hydrogens (tertiary/aromatic N) is 4. The van der Waals surface area contributed by atoms with Crippen molar-refractivity contribution in [3.8, 4) is 5.69 Å². The average Bonchev–Trinajstić information content (AvgIpc) is 3.30. The standard InChI is InChI=1S/C17H15F3N4OS/c1-11(15-8-5-9-26-15)23(2)16(25)13-10-24(22-21-13)14-7-4-3-6-12(14)17(18,19)20/h3-11H,1-2H3/t11-/m1/s1. The van der Waals surface area contributed by atoms with Gasteiger partial charge in [0, 0.05) is 11.9 Å². The molecule has 2 heterocycles. The lowest BCUT2D eigenvalue weighted by Crippen LogP contribution is -2.29. The number of para-hydroxylation sites is 1. The fraction of sp³-hybridized carbons (Fsp3) is 0.235. The van der Waals surface area contributed by atoms with Gasteiger partial charge in [0.25, 0.3) is 5.91 Å². The molecule has 0 radical (unpaired) electrons. The number of thiophene rings is 1. The highest BCUT2D eigenvalue weighted by Crippen LogP contribution is 2.33. The maximum absolute atomic E-state index is 13.2. The number of benzene rings is 1. The van der Waals surface area contributed by atoms with Crippen LogP contribution in [0, 0.1) is 0 Å². The Kier molecular flexibility index (Phi) is 4.82. The van der Waals surface area contributed by atoms with Crippen molar-refractivity contribution < 1.29 is 18.0 Å². The third-order valence-electron chi connectivity index (χ3n) is 4.03. The number of carbonyl (C=O) groups is 1. The van der Waals surface area contributed by atoms with E-state index in [4.69, 9.17) is 0 Å². The number of halogens is 3. The SMILES string of the molecule is C[C@H](c1cccs1)N(C)C(=O)c1cn(-c2ccccc2C(F)(F)F)nn1. The Morgan fingerprint density at radius 2 is 1.96 bits per heavy atom. The first kappa shape index (κ1) is 18.1. The molecular weight excluding hydrogens is 365 g/mol. The van der Waals surface area contributed by atoms with Crippen LogP contribution in [-0.2, 0) is 6.18 Å². The lowest BCUT2D eigenvalue weighted by atomic mass is 10.1. The predicted octanol–water partition coefficient (Wildman–Crippen LogP) is 4.18. The first-order chi connectivity index (χ1) is 12.3. The van der Waals surface area contributed by atoms with Gasteiger partial charge in [0.2, 0.25) is 0 Å². The zero-order valence-electron chi connectivity index (χ0n) is 13.9. The molecular formula is C17H15F3N4OS. The summed E-state index contributed by atoms with van der Waals surface area (Å²) in [5.41, 5.74) is -1.04. The number of alkyl halides is 3. The van der Waals surface area contributed by atoms with E-state index in [1.54, 1.807) is 7.05 Å². The molecule has 0 aliphatic carbocycles. The zero-order chi connectivity index (χ0) is 18.9. The van der Waals surface area contributed by atoms with Crippen molar-refractivity contribution in [3.05, 3.63) is 64.1 Å². The van der Waals surface area contributed by atoms with Crippen LogP contribution in [0.3, 0.4) is 0 Å². The van der Waals surface area contributed by atoms with E-state index in [1.807, 2.05) is 24.4 Å². The molecule has 0 aliphatic rings. The third-order valence-corrected chi connectivity index (χ3v) is 5.07. The summed E-state index contributed by atoms with van der Waals surface area (Å²) in [6.07, 6.45) is -3.32. The topological polar surface area (TPSA) is 51.0 Å². The summed E-state index contributed by atoms with van der Waals surface area (Å²) in [5, 5.41) is 9.38. The lowest BCUT2D eigenvalue weighted by molar-refractivity contribution is -0.137. The van der Waals surface area contributed by atoms with Crippen molar-refractivity contribution in [1.29, 1.82) is 0 Å². The molecule has 2 aromatic heterocycles. The smallest absolute Gasteiger partial charge is 0.333 e. The number of aromatic nitrogens is 3. The maximum atomic E-state index is 13.2. The molecule has 0 saturated heterocycles. The van der Waals surface area contributed by atoms with Crippen LogP contribution in [-0.4, -0.2) is 32.8 Å². The number of hydrogen-bond acceptors (Lipinski definition) is 4. The maximum Gasteiger partial charge on any atom is 0.418 e. The van der Waals surface area contributed by atoms with Crippen LogP contribution in [0.2, 0.25) is 0 Å². The van der Waals surface area contributed by atoms with E-state index in [2.05, 4.69) is 10.3 Å². The lowest BCUT2D eigenvalue weighted by Gasteiger charge is -2.22. The van der Waals surface area contributed by atoms with E-state index in [0.29, 0.717) is 0 Å². The van der Waals surface area contributed by atoms with E-state index < -0.39 is 17.6 Å². The van der Waals surface area contributed by atoms with Crippen molar-refractivity contribution in [2.75, 3.05) is 7.05 Å². The van der Waals surface area contributed by atoms with Crippen molar-refractivity contribution in [1.82, 2.24) is 19.9 Å². The van der Waals surface area contributed by atoms with Gasteiger partial charge in [0.1, 0.15) is 0 Å². The molecule has 1 amide bonds. The van der Waals surface area contributed by atoms with E-state index in [1.165, 1.54) is 40.6 Å². The van der Waals surface area contributed by atoms with Crippen LogP contribution < -0.4 is 0 Å². The molecule has 26 heavy (non-hydrogen) atoms. The van der Waals surface area contributed by atoms with Crippen molar-refractivity contribution in [3.63, 3.8) is 0 Å². The Labute approximate surface area is 151 Å². The Morgan fingerprint density at radius 1 is 1.23 bits per heavy atom. The summed E-state index contributed by atoms with van der Waals surface area (Å²) in [7, 11) is 1.62. The van der Waals surface area contributed by atoms with E-state index in [-0.39, 0.29) is 17.4 Å². The van der Waals surface area contributed by atoms with Crippen LogP contribution in [0.25, 0.3) is 5.69 Å². The molecule has 0 saturated carbocycles. The second-order valence-corrected chi connectivity index (χ2v) is 6.65. The minimum Gasteiger partial charge on any atom is -0.333 e. The molecule has 0 bridgehead atoms. The molecule has 0 N–H and O–H groups in total. The molecule has 3 rings (SSSR count). The molecule has 0 spiro atoms.